The van der Waals surface area contributed by atoms with Gasteiger partial charge in [-0.15, -0.1) is 0 Å². The molecule has 1 aliphatic carbocycles. The lowest BCUT2D eigenvalue weighted by molar-refractivity contribution is 1.34. The van der Waals surface area contributed by atoms with Crippen LogP contribution in [0.15, 0.2) is 30.0 Å². The minimum atomic E-state index is 0.959. The molecule has 0 spiro atoms. The number of nitrogens with one attached hydrogen (secondary N) is 1. The van der Waals surface area contributed by atoms with Gasteiger partial charge in [0.05, 0.1) is 0 Å². The maximum Gasteiger partial charge on any atom is 0.0459 e. The Morgan fingerprint density at radius 2 is 2.45 bits per heavy atom. The Labute approximate surface area is 66.4 Å². The van der Waals surface area contributed by atoms with E-state index in [1.807, 2.05) is 12.3 Å². The molecule has 1 aliphatic rings. The Morgan fingerprint density at radius 3 is 3.00 bits per heavy atom. The Kier molecular flexibility index (Phi) is 1.42. The third-order valence-corrected chi connectivity index (χ3v) is 1.95. The summed E-state index contributed by atoms with van der Waals surface area (Å²) in [6.45, 7) is 2.12. The first-order valence-electron chi connectivity index (χ1n) is 3.79. The van der Waals surface area contributed by atoms with Gasteiger partial charge in [-0.1, -0.05) is 6.08 Å². The first-order valence-corrected chi connectivity index (χ1v) is 3.79. The summed E-state index contributed by atoms with van der Waals surface area (Å²) in [5.41, 5.74) is 3.73. The predicted molar refractivity (Wildman–Crippen MR) is 45.8 cm³/mol. The Morgan fingerprint density at radius 1 is 1.55 bits per heavy atom. The Balaban J connectivity index is 2.38. The average Bonchev–Trinajstić information content (AvgIpc) is 2.55. The monoisotopic (exact) mass is 144 g/mol. The number of aromatic amines is 1. The fourth-order valence-electron chi connectivity index (χ4n) is 1.34. The first kappa shape index (κ1) is 6.47. The molecule has 1 nitrogen and oxygen atoms in total. The molecule has 0 aliphatic heterocycles. The molecule has 1 heterocycles. The normalized spacial score (nSPS) is 16.5. The van der Waals surface area contributed by atoms with E-state index in [9.17, 15) is 0 Å². The molecule has 1 aromatic rings. The standard InChI is InChI=1S/C10H10N/c1-8-4-2-5-9(8)10-6-3-7-11-10/h3-4,6-7,11H,2H2,1H3. The number of allylic oxidation sites excluding steroid dienone is 4. The molecule has 0 saturated heterocycles. The van der Waals surface area contributed by atoms with Gasteiger partial charge in [0.1, 0.15) is 0 Å². The van der Waals surface area contributed by atoms with Crippen molar-refractivity contribution in [1.82, 2.24) is 4.98 Å². The minimum Gasteiger partial charge on any atom is -0.361 e. The van der Waals surface area contributed by atoms with Crippen LogP contribution < -0.4 is 0 Å². The molecule has 0 atom stereocenters. The fourth-order valence-corrected chi connectivity index (χ4v) is 1.34. The van der Waals surface area contributed by atoms with E-state index < -0.39 is 0 Å². The smallest absolute Gasteiger partial charge is 0.0459 e. The molecule has 1 aromatic heterocycles. The lowest BCUT2D eigenvalue weighted by Crippen LogP contribution is -1.81. The van der Waals surface area contributed by atoms with E-state index in [2.05, 4.69) is 30.1 Å². The maximum absolute atomic E-state index is 3.30. The van der Waals surface area contributed by atoms with Crippen LogP contribution in [0.25, 0.3) is 5.57 Å². The van der Waals surface area contributed by atoms with Crippen LogP contribution in [0.2, 0.25) is 0 Å². The molecular formula is C10H10N. The number of H-pyrrole nitrogens is 1. The molecule has 1 radical (unpaired) electrons. The summed E-state index contributed by atoms with van der Waals surface area (Å²) >= 11 is 0. The van der Waals surface area contributed by atoms with Gasteiger partial charge in [0.25, 0.3) is 0 Å². The van der Waals surface area contributed by atoms with Crippen molar-refractivity contribution in [1.29, 1.82) is 0 Å². The lowest BCUT2D eigenvalue weighted by Gasteiger charge is -1.98. The van der Waals surface area contributed by atoms with Gasteiger partial charge < -0.3 is 4.98 Å². The Hall–Kier alpha value is -1.24. The third-order valence-electron chi connectivity index (χ3n) is 1.95. The highest BCUT2D eigenvalue weighted by Gasteiger charge is 2.07. The molecule has 0 unspecified atom stereocenters. The number of rotatable bonds is 1. The summed E-state index contributed by atoms with van der Waals surface area (Å²) in [7, 11) is 0. The quantitative estimate of drug-likeness (QED) is 0.623. The van der Waals surface area contributed by atoms with Gasteiger partial charge in [0.2, 0.25) is 0 Å². The van der Waals surface area contributed by atoms with Crippen molar-refractivity contribution in [2.24, 2.45) is 0 Å². The third kappa shape index (κ3) is 1.03. The van der Waals surface area contributed by atoms with E-state index in [1.165, 1.54) is 16.8 Å². The van der Waals surface area contributed by atoms with Crippen LogP contribution in [0.1, 0.15) is 19.0 Å². The summed E-state index contributed by atoms with van der Waals surface area (Å²) in [6.07, 6.45) is 8.39. The number of hydrogen-bond acceptors (Lipinski definition) is 0. The molecule has 0 fully saturated rings. The Bertz CT molecular complexity index is 302. The molecular weight excluding hydrogens is 134 g/mol. The van der Waals surface area contributed by atoms with Crippen LogP contribution in [-0.2, 0) is 0 Å². The molecule has 1 heteroatoms. The van der Waals surface area contributed by atoms with Gasteiger partial charge in [-0.05, 0) is 37.1 Å². The summed E-state index contributed by atoms with van der Waals surface area (Å²) in [5.74, 6) is 0. The minimum absolute atomic E-state index is 0.959. The molecule has 0 bridgehead atoms. The van der Waals surface area contributed by atoms with Crippen molar-refractivity contribution in [3.05, 3.63) is 41.7 Å². The largest absolute Gasteiger partial charge is 0.361 e. The maximum atomic E-state index is 3.30. The average molecular weight is 144 g/mol. The van der Waals surface area contributed by atoms with Gasteiger partial charge in [-0.3, -0.25) is 0 Å². The van der Waals surface area contributed by atoms with Crippen molar-refractivity contribution in [3.8, 4) is 0 Å². The zero-order valence-corrected chi connectivity index (χ0v) is 6.52. The summed E-state index contributed by atoms with van der Waals surface area (Å²) < 4.78 is 0. The molecule has 0 aromatic carbocycles. The van der Waals surface area contributed by atoms with Crippen molar-refractivity contribution < 1.29 is 0 Å². The van der Waals surface area contributed by atoms with Gasteiger partial charge in [0, 0.05) is 17.5 Å². The predicted octanol–water partition coefficient (Wildman–Crippen LogP) is 2.55. The van der Waals surface area contributed by atoms with E-state index in [1.54, 1.807) is 0 Å². The van der Waals surface area contributed by atoms with E-state index in [-0.39, 0.29) is 0 Å². The van der Waals surface area contributed by atoms with Crippen LogP contribution in [0.3, 0.4) is 0 Å². The van der Waals surface area contributed by atoms with Crippen LogP contribution in [-0.4, -0.2) is 4.98 Å². The molecule has 0 saturated carbocycles. The van der Waals surface area contributed by atoms with Crippen molar-refractivity contribution in [3.63, 3.8) is 0 Å². The van der Waals surface area contributed by atoms with Crippen LogP contribution in [0.4, 0.5) is 0 Å². The fraction of sp³-hybridized carbons (Fsp3) is 0.200. The molecule has 11 heavy (non-hydrogen) atoms. The van der Waals surface area contributed by atoms with E-state index in [0.29, 0.717) is 0 Å². The van der Waals surface area contributed by atoms with Gasteiger partial charge in [0.15, 0.2) is 0 Å². The highest BCUT2D eigenvalue weighted by Crippen LogP contribution is 2.26. The summed E-state index contributed by atoms with van der Waals surface area (Å²) in [6, 6.07) is 4.08. The number of hydrogen-bond donors (Lipinski definition) is 1. The molecule has 1 N–H and O–H groups in total. The highest BCUT2D eigenvalue weighted by atomic mass is 14.7. The van der Waals surface area contributed by atoms with Crippen LogP contribution >= 0.6 is 0 Å². The zero-order valence-electron chi connectivity index (χ0n) is 6.52. The second-order valence-corrected chi connectivity index (χ2v) is 2.73. The summed E-state index contributed by atoms with van der Waals surface area (Å²) in [5, 5.41) is 0. The van der Waals surface area contributed by atoms with E-state index in [0.717, 1.165) is 6.42 Å². The summed E-state index contributed by atoms with van der Waals surface area (Å²) in [4.78, 5) is 3.17. The second-order valence-electron chi connectivity index (χ2n) is 2.73. The lowest BCUT2D eigenvalue weighted by atomic mass is 10.1. The second kappa shape index (κ2) is 2.42. The zero-order chi connectivity index (χ0) is 7.68. The van der Waals surface area contributed by atoms with Crippen LogP contribution in [0.5, 0.6) is 0 Å². The number of aromatic nitrogens is 1. The van der Waals surface area contributed by atoms with Crippen molar-refractivity contribution in [2.75, 3.05) is 0 Å². The molecule has 55 valence electrons. The van der Waals surface area contributed by atoms with Gasteiger partial charge in [-0.25, -0.2) is 0 Å². The topological polar surface area (TPSA) is 15.8 Å². The molecule has 0 amide bonds. The first-order chi connectivity index (χ1) is 5.38. The van der Waals surface area contributed by atoms with Crippen molar-refractivity contribution in [2.45, 2.75) is 13.3 Å². The van der Waals surface area contributed by atoms with E-state index >= 15 is 0 Å². The van der Waals surface area contributed by atoms with Crippen molar-refractivity contribution >= 4 is 5.57 Å². The molecule has 2 rings (SSSR count). The van der Waals surface area contributed by atoms with Crippen LogP contribution in [0, 0.1) is 6.08 Å². The highest BCUT2D eigenvalue weighted by molar-refractivity contribution is 5.77. The van der Waals surface area contributed by atoms with Gasteiger partial charge >= 0.3 is 0 Å². The van der Waals surface area contributed by atoms with E-state index in [4.69, 9.17) is 0 Å². The van der Waals surface area contributed by atoms with Gasteiger partial charge in [-0.2, -0.15) is 0 Å². The SMILES string of the molecule is CC1=CC[C]=C1c1ccc[nH]1.